The Labute approximate surface area is 121 Å². The molecule has 0 amide bonds. The first-order valence-electron chi connectivity index (χ1n) is 6.92. The van der Waals surface area contributed by atoms with Crippen LogP contribution in [0.5, 0.6) is 0 Å². The van der Waals surface area contributed by atoms with Crippen LogP contribution in [0.1, 0.15) is 43.3 Å². The minimum Gasteiger partial charge on any atom is -0.384 e. The molecule has 0 bridgehead atoms. The molecule has 3 nitrogen and oxygen atoms in total. The summed E-state index contributed by atoms with van der Waals surface area (Å²) in [4.78, 5) is 8.67. The molecule has 0 atom stereocenters. The summed E-state index contributed by atoms with van der Waals surface area (Å²) < 4.78 is 0. The van der Waals surface area contributed by atoms with Crippen molar-refractivity contribution in [3.05, 3.63) is 40.7 Å². The number of hydrogen-bond acceptors (Lipinski definition) is 3. The van der Waals surface area contributed by atoms with Gasteiger partial charge in [-0.1, -0.05) is 32.9 Å². The molecule has 0 saturated heterocycles. The molecule has 0 aliphatic heterocycles. The van der Waals surface area contributed by atoms with Crippen LogP contribution < -0.4 is 5.73 Å². The van der Waals surface area contributed by atoms with Crippen molar-refractivity contribution in [3.8, 4) is 11.3 Å². The third kappa shape index (κ3) is 2.82. The molecule has 0 saturated carbocycles. The van der Waals surface area contributed by atoms with Crippen molar-refractivity contribution in [2.75, 3.05) is 5.73 Å². The second-order valence-corrected chi connectivity index (χ2v) is 6.46. The number of nitrogens with two attached hydrogens (primary N) is 1. The van der Waals surface area contributed by atoms with E-state index in [1.807, 2.05) is 13.0 Å². The van der Waals surface area contributed by atoms with E-state index in [0.29, 0.717) is 11.6 Å². The lowest BCUT2D eigenvalue weighted by Crippen LogP contribution is -2.12. The number of benzene rings is 1. The van der Waals surface area contributed by atoms with Gasteiger partial charge in [0.1, 0.15) is 11.6 Å². The number of nitrogen functional groups attached to an aromatic ring is 1. The van der Waals surface area contributed by atoms with Crippen LogP contribution in [0.15, 0.2) is 18.2 Å². The Kier molecular flexibility index (Phi) is 3.55. The van der Waals surface area contributed by atoms with E-state index in [0.717, 1.165) is 11.3 Å². The standard InChI is InChI=1S/C17H23N3/c1-10-7-13(17(4,5)6)8-11(2)16(10)14-9-15(18)20-12(3)19-14/h7-9H,1-6H3,(H2,18,19,20). The average Bonchev–Trinajstić information content (AvgIpc) is 2.25. The minimum absolute atomic E-state index is 0.147. The summed E-state index contributed by atoms with van der Waals surface area (Å²) in [7, 11) is 0. The second-order valence-electron chi connectivity index (χ2n) is 6.46. The normalized spacial score (nSPS) is 11.7. The Morgan fingerprint density at radius 3 is 1.90 bits per heavy atom. The molecule has 0 fully saturated rings. The number of aromatic nitrogens is 2. The van der Waals surface area contributed by atoms with E-state index in [9.17, 15) is 0 Å². The number of nitrogens with zero attached hydrogens (tertiary/aromatic N) is 2. The van der Waals surface area contributed by atoms with Crippen LogP contribution in [0.25, 0.3) is 11.3 Å². The lowest BCUT2D eigenvalue weighted by atomic mass is 9.83. The Balaban J connectivity index is 2.64. The molecule has 1 aromatic heterocycles. The van der Waals surface area contributed by atoms with Gasteiger partial charge in [0, 0.05) is 11.6 Å². The highest BCUT2D eigenvalue weighted by atomic mass is 14.9. The van der Waals surface area contributed by atoms with Crippen molar-refractivity contribution < 1.29 is 0 Å². The number of rotatable bonds is 1. The molecule has 1 aromatic carbocycles. The van der Waals surface area contributed by atoms with Crippen LogP contribution in [-0.4, -0.2) is 9.97 Å². The molecule has 106 valence electrons. The van der Waals surface area contributed by atoms with Gasteiger partial charge < -0.3 is 5.73 Å². The van der Waals surface area contributed by atoms with Gasteiger partial charge in [0.25, 0.3) is 0 Å². The summed E-state index contributed by atoms with van der Waals surface area (Å²) in [6.07, 6.45) is 0. The molecule has 2 N–H and O–H groups in total. The molecule has 0 radical (unpaired) electrons. The SMILES string of the molecule is Cc1nc(N)cc(-c2c(C)cc(C(C)(C)C)cc2C)n1. The molecule has 2 aromatic rings. The van der Waals surface area contributed by atoms with Gasteiger partial charge in [-0.3, -0.25) is 0 Å². The van der Waals surface area contributed by atoms with E-state index in [2.05, 4.69) is 56.7 Å². The minimum atomic E-state index is 0.147. The molecule has 0 aliphatic rings. The maximum atomic E-state index is 5.84. The summed E-state index contributed by atoms with van der Waals surface area (Å²) >= 11 is 0. The Morgan fingerprint density at radius 1 is 0.900 bits per heavy atom. The predicted molar refractivity (Wildman–Crippen MR) is 84.8 cm³/mol. The van der Waals surface area contributed by atoms with Crippen molar-refractivity contribution >= 4 is 5.82 Å². The average molecular weight is 269 g/mol. The molecule has 1 heterocycles. The fourth-order valence-electron chi connectivity index (χ4n) is 2.52. The Bertz CT molecular complexity index is 609. The van der Waals surface area contributed by atoms with Gasteiger partial charge in [-0.2, -0.15) is 0 Å². The maximum absolute atomic E-state index is 5.84. The fraction of sp³-hybridized carbons (Fsp3) is 0.412. The van der Waals surface area contributed by atoms with E-state index >= 15 is 0 Å². The van der Waals surface area contributed by atoms with E-state index in [-0.39, 0.29) is 5.41 Å². The van der Waals surface area contributed by atoms with Gasteiger partial charge in [0.05, 0.1) is 5.69 Å². The Hall–Kier alpha value is -1.90. The maximum Gasteiger partial charge on any atom is 0.128 e. The van der Waals surface area contributed by atoms with Crippen LogP contribution in [-0.2, 0) is 5.41 Å². The van der Waals surface area contributed by atoms with E-state index in [1.54, 1.807) is 0 Å². The van der Waals surface area contributed by atoms with Crippen LogP contribution in [0.4, 0.5) is 5.82 Å². The molecular weight excluding hydrogens is 246 g/mol. The zero-order valence-corrected chi connectivity index (χ0v) is 13.2. The molecule has 20 heavy (non-hydrogen) atoms. The second kappa shape index (κ2) is 4.89. The zero-order chi connectivity index (χ0) is 15.1. The van der Waals surface area contributed by atoms with Crippen molar-refractivity contribution in [2.45, 2.75) is 47.0 Å². The van der Waals surface area contributed by atoms with Gasteiger partial charge in [0.15, 0.2) is 0 Å². The third-order valence-electron chi connectivity index (χ3n) is 3.51. The third-order valence-corrected chi connectivity index (χ3v) is 3.51. The monoisotopic (exact) mass is 269 g/mol. The smallest absolute Gasteiger partial charge is 0.128 e. The predicted octanol–water partition coefficient (Wildman–Crippen LogP) is 3.95. The number of aryl methyl sites for hydroxylation is 3. The van der Waals surface area contributed by atoms with E-state index in [1.165, 1.54) is 16.7 Å². The summed E-state index contributed by atoms with van der Waals surface area (Å²) in [6, 6.07) is 6.34. The van der Waals surface area contributed by atoms with Crippen molar-refractivity contribution in [2.24, 2.45) is 0 Å². The summed E-state index contributed by atoms with van der Waals surface area (Å²) in [5.41, 5.74) is 11.9. The molecule has 0 aliphatic carbocycles. The summed E-state index contributed by atoms with van der Waals surface area (Å²) in [6.45, 7) is 12.8. The first-order valence-corrected chi connectivity index (χ1v) is 6.92. The van der Waals surface area contributed by atoms with E-state index in [4.69, 9.17) is 5.73 Å². The molecule has 0 unspecified atom stereocenters. The first-order chi connectivity index (χ1) is 9.18. The highest BCUT2D eigenvalue weighted by Crippen LogP contribution is 2.32. The van der Waals surface area contributed by atoms with Crippen molar-refractivity contribution in [3.63, 3.8) is 0 Å². The highest BCUT2D eigenvalue weighted by molar-refractivity contribution is 5.70. The van der Waals surface area contributed by atoms with Crippen molar-refractivity contribution in [1.29, 1.82) is 0 Å². The van der Waals surface area contributed by atoms with Gasteiger partial charge >= 0.3 is 0 Å². The summed E-state index contributed by atoms with van der Waals surface area (Å²) in [5.74, 6) is 1.23. The lowest BCUT2D eigenvalue weighted by Gasteiger charge is -2.22. The number of anilines is 1. The highest BCUT2D eigenvalue weighted by Gasteiger charge is 2.17. The largest absolute Gasteiger partial charge is 0.384 e. The fourth-order valence-corrected chi connectivity index (χ4v) is 2.52. The topological polar surface area (TPSA) is 51.8 Å². The molecular formula is C17H23N3. The van der Waals surface area contributed by atoms with Gasteiger partial charge in [-0.05, 0) is 42.9 Å². The molecule has 0 spiro atoms. The number of hydrogen-bond donors (Lipinski definition) is 1. The van der Waals surface area contributed by atoms with Gasteiger partial charge in [-0.25, -0.2) is 9.97 Å². The first kappa shape index (κ1) is 14.5. The van der Waals surface area contributed by atoms with Crippen molar-refractivity contribution in [1.82, 2.24) is 9.97 Å². The van der Waals surface area contributed by atoms with Crippen LogP contribution in [0, 0.1) is 20.8 Å². The Morgan fingerprint density at radius 2 is 1.45 bits per heavy atom. The summed E-state index contributed by atoms with van der Waals surface area (Å²) in [5, 5.41) is 0. The quantitative estimate of drug-likeness (QED) is 0.852. The van der Waals surface area contributed by atoms with Crippen LogP contribution in [0.3, 0.4) is 0 Å². The van der Waals surface area contributed by atoms with Crippen LogP contribution >= 0.6 is 0 Å². The molecule has 3 heteroatoms. The lowest BCUT2D eigenvalue weighted by molar-refractivity contribution is 0.589. The molecule has 2 rings (SSSR count). The zero-order valence-electron chi connectivity index (χ0n) is 13.2. The van der Waals surface area contributed by atoms with Gasteiger partial charge in [-0.15, -0.1) is 0 Å². The van der Waals surface area contributed by atoms with Crippen LogP contribution in [0.2, 0.25) is 0 Å². The van der Waals surface area contributed by atoms with E-state index < -0.39 is 0 Å². The van der Waals surface area contributed by atoms with Gasteiger partial charge in [0.2, 0.25) is 0 Å².